The van der Waals surface area contributed by atoms with Crippen LogP contribution in [0, 0.1) is 0 Å². The Morgan fingerprint density at radius 2 is 2.18 bits per heavy atom. The number of carbonyl (C=O) groups is 1. The Labute approximate surface area is 132 Å². The predicted octanol–water partition coefficient (Wildman–Crippen LogP) is 3.52. The number of amides is 1. The Morgan fingerprint density at radius 1 is 1.41 bits per heavy atom. The number of hydrogen-bond donors (Lipinski definition) is 2. The van der Waals surface area contributed by atoms with Crippen LogP contribution >= 0.6 is 0 Å². The van der Waals surface area contributed by atoms with Gasteiger partial charge in [-0.2, -0.15) is 0 Å². The summed E-state index contributed by atoms with van der Waals surface area (Å²) in [6.45, 7) is 2.80. The number of unbranched alkanes of at least 4 members (excludes halogenated alkanes) is 1. The zero-order chi connectivity index (χ0) is 15.8. The van der Waals surface area contributed by atoms with Gasteiger partial charge in [0.2, 0.25) is 5.91 Å². The number of hydrogen-bond acceptors (Lipinski definition) is 3. The Balaban J connectivity index is 1.87. The van der Waals surface area contributed by atoms with Crippen molar-refractivity contribution in [2.45, 2.75) is 51.5 Å². The number of carbonyl (C=O) groups excluding carboxylic acids is 1. The van der Waals surface area contributed by atoms with Crippen LogP contribution in [0.5, 0.6) is 5.75 Å². The molecule has 1 aliphatic carbocycles. The number of benzene rings is 1. The van der Waals surface area contributed by atoms with Crippen molar-refractivity contribution in [2.75, 3.05) is 12.3 Å². The second-order valence-electron chi connectivity index (χ2n) is 5.82. The molecule has 0 spiro atoms. The number of nitrogens with one attached hydrogen (secondary N) is 1. The first-order valence-corrected chi connectivity index (χ1v) is 8.20. The molecule has 1 aliphatic rings. The van der Waals surface area contributed by atoms with E-state index in [2.05, 4.69) is 12.2 Å². The van der Waals surface area contributed by atoms with Gasteiger partial charge < -0.3 is 15.8 Å². The number of nitrogens with two attached hydrogens (primary N) is 1. The Kier molecular flexibility index (Phi) is 6.31. The molecule has 4 nitrogen and oxygen atoms in total. The minimum atomic E-state index is -0.0336. The van der Waals surface area contributed by atoms with Crippen molar-refractivity contribution in [3.8, 4) is 5.75 Å². The van der Waals surface area contributed by atoms with Gasteiger partial charge in [0.25, 0.3) is 0 Å². The van der Waals surface area contributed by atoms with Crippen molar-refractivity contribution in [1.82, 2.24) is 5.32 Å². The molecule has 120 valence electrons. The van der Waals surface area contributed by atoms with Crippen molar-refractivity contribution in [3.05, 3.63) is 29.8 Å². The van der Waals surface area contributed by atoms with E-state index in [4.69, 9.17) is 10.5 Å². The molecule has 1 aromatic rings. The van der Waals surface area contributed by atoms with Crippen molar-refractivity contribution in [1.29, 1.82) is 0 Å². The average molecular weight is 302 g/mol. The monoisotopic (exact) mass is 302 g/mol. The van der Waals surface area contributed by atoms with Crippen LogP contribution in [0.1, 0.15) is 51.0 Å². The fourth-order valence-electron chi connectivity index (χ4n) is 2.62. The summed E-state index contributed by atoms with van der Waals surface area (Å²) in [4.78, 5) is 11.8. The van der Waals surface area contributed by atoms with Crippen LogP contribution in [0.3, 0.4) is 0 Å². The van der Waals surface area contributed by atoms with Gasteiger partial charge in [-0.15, -0.1) is 0 Å². The second-order valence-corrected chi connectivity index (χ2v) is 5.82. The summed E-state index contributed by atoms with van der Waals surface area (Å²) in [5, 5.41) is 3.03. The molecule has 0 aliphatic heterocycles. The van der Waals surface area contributed by atoms with E-state index in [1.807, 2.05) is 18.2 Å². The Hall–Kier alpha value is -1.97. The van der Waals surface area contributed by atoms with Crippen LogP contribution in [0.2, 0.25) is 0 Å². The molecule has 0 heterocycles. The van der Waals surface area contributed by atoms with Gasteiger partial charge in [-0.3, -0.25) is 4.79 Å². The third-order valence-corrected chi connectivity index (χ3v) is 3.92. The van der Waals surface area contributed by atoms with E-state index in [1.165, 1.54) is 12.8 Å². The summed E-state index contributed by atoms with van der Waals surface area (Å²) < 4.78 is 5.62. The summed E-state index contributed by atoms with van der Waals surface area (Å²) >= 11 is 0. The quantitative estimate of drug-likeness (QED) is 0.460. The van der Waals surface area contributed by atoms with Gasteiger partial charge in [-0.25, -0.2) is 0 Å². The number of anilines is 1. The molecule has 2 rings (SSSR count). The van der Waals surface area contributed by atoms with Gasteiger partial charge in [0.05, 0.1) is 12.3 Å². The van der Waals surface area contributed by atoms with Crippen LogP contribution in [-0.2, 0) is 4.79 Å². The molecular formula is C18H26N2O2. The maximum Gasteiger partial charge on any atom is 0.244 e. The fraction of sp³-hybridized carbons (Fsp3) is 0.500. The predicted molar refractivity (Wildman–Crippen MR) is 90.7 cm³/mol. The van der Waals surface area contributed by atoms with E-state index in [-0.39, 0.29) is 5.91 Å². The van der Waals surface area contributed by atoms with Gasteiger partial charge in [0, 0.05) is 12.1 Å². The van der Waals surface area contributed by atoms with E-state index in [9.17, 15) is 4.79 Å². The maximum atomic E-state index is 11.8. The molecule has 0 unspecified atom stereocenters. The molecule has 4 heteroatoms. The summed E-state index contributed by atoms with van der Waals surface area (Å²) in [7, 11) is 0. The molecule has 0 aromatic heterocycles. The first-order valence-electron chi connectivity index (χ1n) is 8.20. The maximum absolute atomic E-state index is 11.8. The lowest BCUT2D eigenvalue weighted by Crippen LogP contribution is -2.30. The van der Waals surface area contributed by atoms with Gasteiger partial charge in [0.15, 0.2) is 0 Å². The third kappa shape index (κ3) is 5.10. The number of nitrogen functional groups attached to an aromatic ring is 1. The standard InChI is InChI=1S/C18H26N2O2/c1-2-3-12-22-17-10-8-14(13-16(17)19)9-11-18(21)20-15-6-4-5-7-15/h8-11,13,15H,2-7,12,19H2,1H3,(H,20,21)/b11-9-. The first kappa shape index (κ1) is 16.4. The summed E-state index contributed by atoms with van der Waals surface area (Å²) in [6, 6.07) is 5.95. The zero-order valence-electron chi connectivity index (χ0n) is 13.3. The minimum absolute atomic E-state index is 0.0336. The third-order valence-electron chi connectivity index (χ3n) is 3.92. The summed E-state index contributed by atoms with van der Waals surface area (Å²) in [5.41, 5.74) is 7.49. The van der Waals surface area contributed by atoms with Crippen molar-refractivity contribution < 1.29 is 9.53 Å². The molecule has 0 bridgehead atoms. The van der Waals surface area contributed by atoms with Crippen molar-refractivity contribution >= 4 is 17.7 Å². The summed E-state index contributed by atoms with van der Waals surface area (Å²) in [6.07, 6.45) is 10.1. The highest BCUT2D eigenvalue weighted by molar-refractivity contribution is 5.92. The molecule has 1 fully saturated rings. The molecule has 22 heavy (non-hydrogen) atoms. The van der Waals surface area contributed by atoms with Crippen molar-refractivity contribution in [2.24, 2.45) is 0 Å². The first-order chi connectivity index (χ1) is 10.7. The average Bonchev–Trinajstić information content (AvgIpc) is 3.00. The van der Waals surface area contributed by atoms with Crippen molar-refractivity contribution in [3.63, 3.8) is 0 Å². The molecule has 1 amide bonds. The van der Waals surface area contributed by atoms with E-state index in [0.29, 0.717) is 24.1 Å². The lowest BCUT2D eigenvalue weighted by Gasteiger charge is -2.10. The van der Waals surface area contributed by atoms with Gasteiger partial charge >= 0.3 is 0 Å². The number of ether oxygens (including phenoxy) is 1. The van der Waals surface area contributed by atoms with Crippen LogP contribution in [0.15, 0.2) is 24.3 Å². The molecule has 1 aromatic carbocycles. The molecule has 0 atom stereocenters. The molecular weight excluding hydrogens is 276 g/mol. The van der Waals surface area contributed by atoms with Crippen LogP contribution < -0.4 is 15.8 Å². The van der Waals surface area contributed by atoms with Gasteiger partial charge in [-0.1, -0.05) is 32.3 Å². The van der Waals surface area contributed by atoms with Crippen LogP contribution in [0.25, 0.3) is 6.08 Å². The SMILES string of the molecule is CCCCOc1ccc(/C=C\C(=O)NC2CCCC2)cc1N. The van der Waals surface area contributed by atoms with Gasteiger partial charge in [0.1, 0.15) is 5.75 Å². The largest absolute Gasteiger partial charge is 0.491 e. The lowest BCUT2D eigenvalue weighted by atomic mass is 10.1. The normalized spacial score (nSPS) is 15.3. The fourth-order valence-corrected chi connectivity index (χ4v) is 2.62. The molecule has 0 radical (unpaired) electrons. The van der Waals surface area contributed by atoms with Crippen LogP contribution in [0.4, 0.5) is 5.69 Å². The molecule has 3 N–H and O–H groups in total. The van der Waals surface area contributed by atoms with E-state index in [1.54, 1.807) is 12.2 Å². The van der Waals surface area contributed by atoms with E-state index >= 15 is 0 Å². The highest BCUT2D eigenvalue weighted by Crippen LogP contribution is 2.23. The Morgan fingerprint density at radius 3 is 2.86 bits per heavy atom. The smallest absolute Gasteiger partial charge is 0.244 e. The highest BCUT2D eigenvalue weighted by Gasteiger charge is 2.15. The summed E-state index contributed by atoms with van der Waals surface area (Å²) in [5.74, 6) is 0.676. The van der Waals surface area contributed by atoms with E-state index < -0.39 is 0 Å². The topological polar surface area (TPSA) is 64.3 Å². The molecule has 1 saturated carbocycles. The van der Waals surface area contributed by atoms with Gasteiger partial charge in [-0.05, 0) is 43.0 Å². The molecule has 0 saturated heterocycles. The number of rotatable bonds is 7. The highest BCUT2D eigenvalue weighted by atomic mass is 16.5. The van der Waals surface area contributed by atoms with Crippen LogP contribution in [-0.4, -0.2) is 18.6 Å². The Bertz CT molecular complexity index is 520. The zero-order valence-corrected chi connectivity index (χ0v) is 13.3. The lowest BCUT2D eigenvalue weighted by molar-refractivity contribution is -0.117. The minimum Gasteiger partial charge on any atom is -0.491 e. The second kappa shape index (κ2) is 8.47. The van der Waals surface area contributed by atoms with E-state index in [0.717, 1.165) is 31.2 Å².